The minimum absolute atomic E-state index is 0.139. The lowest BCUT2D eigenvalue weighted by Crippen LogP contribution is -2.26. The number of nitrogens with zero attached hydrogens (tertiary/aromatic N) is 3. The maximum Gasteiger partial charge on any atom is 0.291 e. The van der Waals surface area contributed by atoms with Crippen LogP contribution in [-0.2, 0) is 0 Å². The lowest BCUT2D eigenvalue weighted by molar-refractivity contribution is 0.259. The second-order valence-electron chi connectivity index (χ2n) is 8.42. The van der Waals surface area contributed by atoms with Crippen LogP contribution >= 0.6 is 11.3 Å². The number of benzene rings is 2. The van der Waals surface area contributed by atoms with Crippen molar-refractivity contribution in [1.29, 1.82) is 0 Å². The first-order valence-electron chi connectivity index (χ1n) is 11.7. The summed E-state index contributed by atoms with van der Waals surface area (Å²) in [4.78, 5) is 18.2. The van der Waals surface area contributed by atoms with Crippen molar-refractivity contribution >= 4 is 28.4 Å². The molecular formula is C27H27N3O3S. The van der Waals surface area contributed by atoms with Gasteiger partial charge in [0.1, 0.15) is 17.6 Å². The Balaban J connectivity index is 1.35. The third-order valence-corrected chi connectivity index (χ3v) is 6.83. The van der Waals surface area contributed by atoms with Crippen LogP contribution in [0.3, 0.4) is 0 Å². The number of para-hydroxylation sites is 1. The molecule has 0 unspecified atom stereocenters. The highest BCUT2D eigenvalue weighted by Crippen LogP contribution is 2.29. The summed E-state index contributed by atoms with van der Waals surface area (Å²) >= 11 is 1.34. The van der Waals surface area contributed by atoms with Gasteiger partial charge < -0.3 is 9.47 Å². The predicted octanol–water partition coefficient (Wildman–Crippen LogP) is 5.14. The predicted molar refractivity (Wildman–Crippen MR) is 136 cm³/mol. The van der Waals surface area contributed by atoms with E-state index in [1.165, 1.54) is 35.1 Å². The Bertz CT molecular complexity index is 1440. The average Bonchev–Trinajstić information content (AvgIpc) is 3.39. The van der Waals surface area contributed by atoms with Crippen LogP contribution < -0.4 is 19.6 Å². The second kappa shape index (κ2) is 9.81. The number of hydrogen-bond donors (Lipinski definition) is 0. The molecule has 0 spiro atoms. The Hall–Kier alpha value is -3.45. The topological polar surface area (TPSA) is 65.7 Å². The first-order valence-corrected chi connectivity index (χ1v) is 12.6. The fourth-order valence-corrected chi connectivity index (χ4v) is 4.86. The zero-order valence-corrected chi connectivity index (χ0v) is 20.2. The van der Waals surface area contributed by atoms with Crippen molar-refractivity contribution in [2.24, 2.45) is 0 Å². The summed E-state index contributed by atoms with van der Waals surface area (Å²) in [5.74, 6) is 2.22. The Morgan fingerprint density at radius 2 is 1.94 bits per heavy atom. The van der Waals surface area contributed by atoms with Crippen molar-refractivity contribution in [3.8, 4) is 22.9 Å². The highest BCUT2D eigenvalue weighted by atomic mass is 32.1. The molecule has 174 valence electrons. The fraction of sp³-hybridized carbons (Fsp3) is 0.296. The van der Waals surface area contributed by atoms with Crippen LogP contribution in [0.5, 0.6) is 11.5 Å². The third kappa shape index (κ3) is 4.61. The van der Waals surface area contributed by atoms with Crippen LogP contribution in [0.1, 0.15) is 45.1 Å². The highest BCUT2D eigenvalue weighted by molar-refractivity contribution is 7.15. The maximum atomic E-state index is 13.0. The molecule has 0 radical (unpaired) electrons. The van der Waals surface area contributed by atoms with Crippen LogP contribution in [0.2, 0.25) is 0 Å². The van der Waals surface area contributed by atoms with Gasteiger partial charge in [-0.3, -0.25) is 4.79 Å². The number of aromatic nitrogens is 3. The van der Waals surface area contributed by atoms with Gasteiger partial charge in [0.15, 0.2) is 5.82 Å². The summed E-state index contributed by atoms with van der Waals surface area (Å²) in [6.45, 7) is 4.91. The molecule has 4 aromatic rings. The molecule has 1 atom stereocenters. The number of rotatable bonds is 8. The van der Waals surface area contributed by atoms with Crippen LogP contribution in [0.15, 0.2) is 58.9 Å². The first-order chi connectivity index (χ1) is 16.6. The van der Waals surface area contributed by atoms with E-state index in [0.717, 1.165) is 41.2 Å². The molecule has 1 aliphatic heterocycles. The average molecular weight is 474 g/mol. The van der Waals surface area contributed by atoms with Gasteiger partial charge in [-0.2, -0.15) is 9.50 Å². The van der Waals surface area contributed by atoms with E-state index >= 15 is 0 Å². The largest absolute Gasteiger partial charge is 0.494 e. The zero-order valence-electron chi connectivity index (χ0n) is 19.4. The Labute approximate surface area is 202 Å². The summed E-state index contributed by atoms with van der Waals surface area (Å²) in [6.07, 6.45) is 8.53. The van der Waals surface area contributed by atoms with Crippen LogP contribution in [-0.4, -0.2) is 27.3 Å². The van der Waals surface area contributed by atoms with Crippen LogP contribution in [0.4, 0.5) is 0 Å². The summed E-state index contributed by atoms with van der Waals surface area (Å²) in [6, 6.07) is 15.6. The molecule has 2 aromatic heterocycles. The van der Waals surface area contributed by atoms with Gasteiger partial charge in [0.25, 0.3) is 5.56 Å². The van der Waals surface area contributed by atoms with E-state index in [-0.39, 0.29) is 11.7 Å². The van der Waals surface area contributed by atoms with E-state index in [1.54, 1.807) is 0 Å². The fourth-order valence-electron chi connectivity index (χ4n) is 3.95. The molecule has 6 nitrogen and oxygen atoms in total. The Morgan fingerprint density at radius 1 is 1.12 bits per heavy atom. The van der Waals surface area contributed by atoms with E-state index < -0.39 is 0 Å². The number of unbranched alkanes of at least 4 members (excludes halogenated alkanes) is 3. The third-order valence-electron chi connectivity index (χ3n) is 5.87. The second-order valence-corrected chi connectivity index (χ2v) is 9.43. The highest BCUT2D eigenvalue weighted by Gasteiger charge is 2.18. The van der Waals surface area contributed by atoms with Gasteiger partial charge in [0.2, 0.25) is 4.96 Å². The molecule has 0 aliphatic carbocycles. The normalized spacial score (nSPS) is 15.8. The lowest BCUT2D eigenvalue weighted by atomic mass is 10.0. The first kappa shape index (κ1) is 22.3. The van der Waals surface area contributed by atoms with Gasteiger partial charge in [-0.05, 0) is 61.4 Å². The minimum atomic E-state index is -0.169. The Kier molecular flexibility index (Phi) is 6.45. The smallest absolute Gasteiger partial charge is 0.291 e. The molecule has 1 aliphatic rings. The number of thiazole rings is 1. The molecule has 2 aromatic carbocycles. The molecule has 0 bridgehead atoms. The molecular weight excluding hydrogens is 446 g/mol. The van der Waals surface area contributed by atoms with E-state index in [2.05, 4.69) is 23.1 Å². The van der Waals surface area contributed by atoms with E-state index in [9.17, 15) is 4.79 Å². The quantitative estimate of drug-likeness (QED) is 0.332. The molecule has 3 heterocycles. The molecule has 34 heavy (non-hydrogen) atoms. The molecule has 0 saturated heterocycles. The van der Waals surface area contributed by atoms with Crippen molar-refractivity contribution < 1.29 is 9.47 Å². The van der Waals surface area contributed by atoms with Gasteiger partial charge >= 0.3 is 0 Å². The molecule has 7 heteroatoms. The maximum absolute atomic E-state index is 13.0. The van der Waals surface area contributed by atoms with Crippen molar-refractivity contribution in [2.45, 2.75) is 45.6 Å². The van der Waals surface area contributed by atoms with Gasteiger partial charge in [0, 0.05) is 11.1 Å². The molecule has 0 amide bonds. The summed E-state index contributed by atoms with van der Waals surface area (Å²) in [5, 5.41) is 4.47. The summed E-state index contributed by atoms with van der Waals surface area (Å²) in [7, 11) is 0. The summed E-state index contributed by atoms with van der Waals surface area (Å²) < 4.78 is 13.8. The molecule has 0 fully saturated rings. The number of ether oxygens (including phenoxy) is 2. The van der Waals surface area contributed by atoms with Gasteiger partial charge in [-0.25, -0.2) is 0 Å². The minimum Gasteiger partial charge on any atom is -0.494 e. The Morgan fingerprint density at radius 3 is 2.74 bits per heavy atom. The van der Waals surface area contributed by atoms with Crippen LogP contribution in [0, 0.1) is 0 Å². The van der Waals surface area contributed by atoms with Crippen molar-refractivity contribution in [3.63, 3.8) is 0 Å². The van der Waals surface area contributed by atoms with Gasteiger partial charge in [-0.15, -0.1) is 5.10 Å². The van der Waals surface area contributed by atoms with Crippen molar-refractivity contribution in [2.75, 3.05) is 6.61 Å². The molecule has 0 N–H and O–H groups in total. The van der Waals surface area contributed by atoms with E-state index in [4.69, 9.17) is 9.47 Å². The standard InChI is InChI=1S/C27H27N3O3S/c1-3-4-5-8-15-32-22-13-11-19(12-14-22)25-28-27-30(29-25)26(31)24(34-27)17-21-16-20-9-6-7-10-23(20)33-18(21)2/h6-7,9-14,16-18H,3-5,8,15H2,1-2H3/b24-17+/t18-/m1/s1. The van der Waals surface area contributed by atoms with Crippen LogP contribution in [0.25, 0.3) is 28.5 Å². The number of hydrogen-bond acceptors (Lipinski definition) is 6. The van der Waals surface area contributed by atoms with Crippen molar-refractivity contribution in [3.05, 3.63) is 74.6 Å². The monoisotopic (exact) mass is 473 g/mol. The molecule has 5 rings (SSSR count). The number of fused-ring (bicyclic) bond motifs is 2. The van der Waals surface area contributed by atoms with Gasteiger partial charge in [-0.1, -0.05) is 55.7 Å². The SMILES string of the molecule is CCCCCCOc1ccc(-c2nc3s/c(=C/C4=Cc5ccccc5O[C@@H]4C)c(=O)n3n2)cc1. The molecule has 0 saturated carbocycles. The van der Waals surface area contributed by atoms with Gasteiger partial charge in [0.05, 0.1) is 11.1 Å². The van der Waals surface area contributed by atoms with Crippen molar-refractivity contribution in [1.82, 2.24) is 14.6 Å². The lowest BCUT2D eigenvalue weighted by Gasteiger charge is -2.22. The van der Waals surface area contributed by atoms with E-state index in [0.29, 0.717) is 15.3 Å². The summed E-state index contributed by atoms with van der Waals surface area (Å²) in [5.41, 5.74) is 2.64. The zero-order chi connectivity index (χ0) is 23.5. The van der Waals surface area contributed by atoms with E-state index in [1.807, 2.05) is 61.5 Å².